The highest BCUT2D eigenvalue weighted by atomic mass is 79.9. The van der Waals surface area contributed by atoms with Crippen molar-refractivity contribution in [2.24, 2.45) is 0 Å². The summed E-state index contributed by atoms with van der Waals surface area (Å²) in [4.78, 5) is 25.9. The average Bonchev–Trinajstić information content (AvgIpc) is 2.80. The molecule has 2 aromatic heterocycles. The Morgan fingerprint density at radius 1 is 1.50 bits per heavy atom. The number of amides is 1. The summed E-state index contributed by atoms with van der Waals surface area (Å²) in [7, 11) is 0. The van der Waals surface area contributed by atoms with Crippen LogP contribution in [0.25, 0.3) is 10.1 Å². The molecule has 0 aliphatic rings. The lowest BCUT2D eigenvalue weighted by Crippen LogP contribution is -2.30. The van der Waals surface area contributed by atoms with E-state index in [0.29, 0.717) is 9.99 Å². The van der Waals surface area contributed by atoms with Gasteiger partial charge in [0.05, 0.1) is 4.70 Å². The number of hydrogen-bond acceptors (Lipinski definition) is 5. The van der Waals surface area contributed by atoms with Crippen LogP contribution >= 0.6 is 27.3 Å². The third-order valence-corrected chi connectivity index (χ3v) is 3.91. The van der Waals surface area contributed by atoms with E-state index in [-0.39, 0.29) is 11.4 Å². The van der Waals surface area contributed by atoms with Gasteiger partial charge in [0.2, 0.25) is 0 Å². The molecule has 1 amide bonds. The summed E-state index contributed by atoms with van der Waals surface area (Å²) >= 11 is 4.57. The molecule has 0 spiro atoms. The predicted octanol–water partition coefficient (Wildman–Crippen LogP) is 1.58. The highest BCUT2D eigenvalue weighted by Gasteiger charge is 2.19. The van der Waals surface area contributed by atoms with Crippen molar-refractivity contribution in [3.8, 4) is 5.75 Å². The molecular formula is C10H7BrN2O4S. The maximum atomic E-state index is 11.7. The van der Waals surface area contributed by atoms with Crippen LogP contribution in [0.4, 0.5) is 0 Å². The average molecular weight is 331 g/mol. The molecule has 0 radical (unpaired) electrons. The molecule has 3 N–H and O–H groups in total. The summed E-state index contributed by atoms with van der Waals surface area (Å²) in [5.74, 6) is -2.15. The highest BCUT2D eigenvalue weighted by Crippen LogP contribution is 2.35. The van der Waals surface area contributed by atoms with Crippen LogP contribution in [-0.4, -0.2) is 33.6 Å². The number of aromatic hydroxyl groups is 1. The fourth-order valence-electron chi connectivity index (χ4n) is 1.38. The van der Waals surface area contributed by atoms with Crippen LogP contribution in [0.3, 0.4) is 0 Å². The summed E-state index contributed by atoms with van der Waals surface area (Å²) < 4.78 is 1.16. The Hall–Kier alpha value is -1.67. The smallest absolute Gasteiger partial charge is 0.322 e. The first kappa shape index (κ1) is 12.8. The van der Waals surface area contributed by atoms with Gasteiger partial charge in [-0.25, -0.2) is 4.98 Å². The molecule has 94 valence electrons. The molecule has 18 heavy (non-hydrogen) atoms. The first-order valence-electron chi connectivity index (χ1n) is 4.76. The second-order valence-electron chi connectivity index (χ2n) is 3.34. The maximum absolute atomic E-state index is 11.7. The Labute approximate surface area is 113 Å². The fraction of sp³-hybridized carbons (Fsp3) is 0.100. The van der Waals surface area contributed by atoms with Crippen molar-refractivity contribution in [3.05, 3.63) is 21.7 Å². The molecule has 0 saturated heterocycles. The number of carbonyl (C=O) groups excluding carboxylic acids is 1. The van der Waals surface area contributed by atoms with Crippen LogP contribution < -0.4 is 5.32 Å². The van der Waals surface area contributed by atoms with Gasteiger partial charge in [0.1, 0.15) is 11.1 Å². The number of rotatable bonds is 3. The molecule has 0 aliphatic heterocycles. The van der Waals surface area contributed by atoms with Crippen molar-refractivity contribution in [1.29, 1.82) is 0 Å². The number of halogens is 1. The largest absolute Gasteiger partial charge is 0.505 e. The minimum Gasteiger partial charge on any atom is -0.505 e. The number of aliphatic carboxylic acids is 1. The SMILES string of the molecule is O=C(O)CNC(=O)c1nc(Br)c2sccc2c1O. The van der Waals surface area contributed by atoms with Gasteiger partial charge in [0, 0.05) is 5.39 Å². The first-order chi connectivity index (χ1) is 8.50. The second kappa shape index (κ2) is 4.91. The van der Waals surface area contributed by atoms with E-state index in [1.165, 1.54) is 11.3 Å². The zero-order valence-corrected chi connectivity index (χ0v) is 11.2. The predicted molar refractivity (Wildman–Crippen MR) is 69.0 cm³/mol. The Kier molecular flexibility index (Phi) is 3.48. The quantitative estimate of drug-likeness (QED) is 0.742. The number of nitrogens with one attached hydrogen (secondary N) is 1. The molecule has 0 fully saturated rings. The van der Waals surface area contributed by atoms with Gasteiger partial charge < -0.3 is 15.5 Å². The number of hydrogen-bond donors (Lipinski definition) is 3. The van der Waals surface area contributed by atoms with Gasteiger partial charge in [-0.2, -0.15) is 0 Å². The van der Waals surface area contributed by atoms with E-state index in [9.17, 15) is 14.7 Å². The van der Waals surface area contributed by atoms with Crippen molar-refractivity contribution < 1.29 is 19.8 Å². The Balaban J connectivity index is 2.41. The molecule has 2 aromatic rings. The van der Waals surface area contributed by atoms with Gasteiger partial charge in [-0.3, -0.25) is 9.59 Å². The summed E-state index contributed by atoms with van der Waals surface area (Å²) in [6.45, 7) is -0.529. The summed E-state index contributed by atoms with van der Waals surface area (Å²) in [5.41, 5.74) is -0.200. The third-order valence-electron chi connectivity index (χ3n) is 2.16. The molecule has 0 atom stereocenters. The van der Waals surface area contributed by atoms with Crippen LogP contribution in [0, 0.1) is 0 Å². The summed E-state index contributed by atoms with van der Waals surface area (Å²) in [6, 6.07) is 1.66. The number of carbonyl (C=O) groups is 2. The van der Waals surface area contributed by atoms with Crippen molar-refractivity contribution in [2.45, 2.75) is 0 Å². The van der Waals surface area contributed by atoms with Gasteiger partial charge in [0.15, 0.2) is 11.4 Å². The number of aromatic nitrogens is 1. The zero-order valence-electron chi connectivity index (χ0n) is 8.81. The highest BCUT2D eigenvalue weighted by molar-refractivity contribution is 9.10. The Morgan fingerprint density at radius 3 is 2.89 bits per heavy atom. The van der Waals surface area contributed by atoms with Crippen LogP contribution in [0.1, 0.15) is 10.5 Å². The molecule has 2 rings (SSSR count). The van der Waals surface area contributed by atoms with E-state index in [1.54, 1.807) is 11.4 Å². The van der Waals surface area contributed by atoms with E-state index >= 15 is 0 Å². The lowest BCUT2D eigenvalue weighted by Gasteiger charge is -2.06. The lowest BCUT2D eigenvalue weighted by molar-refractivity contribution is -0.135. The number of fused-ring (bicyclic) bond motifs is 1. The molecular weight excluding hydrogens is 324 g/mol. The van der Waals surface area contributed by atoms with E-state index in [0.717, 1.165) is 4.70 Å². The molecule has 0 unspecified atom stereocenters. The molecule has 0 aliphatic carbocycles. The van der Waals surface area contributed by atoms with Crippen LogP contribution in [-0.2, 0) is 4.79 Å². The first-order valence-corrected chi connectivity index (χ1v) is 6.43. The van der Waals surface area contributed by atoms with E-state index in [2.05, 4.69) is 26.2 Å². The van der Waals surface area contributed by atoms with Crippen LogP contribution in [0.15, 0.2) is 16.0 Å². The maximum Gasteiger partial charge on any atom is 0.322 e. The van der Waals surface area contributed by atoms with Crippen LogP contribution in [0.5, 0.6) is 5.75 Å². The van der Waals surface area contributed by atoms with E-state index in [4.69, 9.17) is 5.11 Å². The molecule has 2 heterocycles. The van der Waals surface area contributed by atoms with Gasteiger partial charge in [-0.1, -0.05) is 0 Å². The van der Waals surface area contributed by atoms with Crippen molar-refractivity contribution in [1.82, 2.24) is 10.3 Å². The van der Waals surface area contributed by atoms with E-state index in [1.807, 2.05) is 0 Å². The fourth-order valence-corrected chi connectivity index (χ4v) is 2.83. The Morgan fingerprint density at radius 2 is 2.22 bits per heavy atom. The lowest BCUT2D eigenvalue weighted by atomic mass is 10.2. The Bertz CT molecular complexity index is 640. The van der Waals surface area contributed by atoms with Gasteiger partial charge in [-0.05, 0) is 27.4 Å². The third kappa shape index (κ3) is 2.29. The van der Waals surface area contributed by atoms with Crippen molar-refractivity contribution in [2.75, 3.05) is 6.54 Å². The minimum atomic E-state index is -1.17. The van der Waals surface area contributed by atoms with Crippen molar-refractivity contribution in [3.63, 3.8) is 0 Å². The zero-order chi connectivity index (χ0) is 13.3. The molecule has 8 heteroatoms. The second-order valence-corrected chi connectivity index (χ2v) is 5.01. The topological polar surface area (TPSA) is 99.5 Å². The monoisotopic (exact) mass is 330 g/mol. The van der Waals surface area contributed by atoms with Crippen molar-refractivity contribution >= 4 is 49.2 Å². The minimum absolute atomic E-state index is 0.200. The van der Waals surface area contributed by atoms with Gasteiger partial charge in [0.25, 0.3) is 5.91 Å². The summed E-state index contributed by atoms with van der Waals surface area (Å²) in [5, 5.41) is 22.8. The van der Waals surface area contributed by atoms with Gasteiger partial charge >= 0.3 is 5.97 Å². The number of carboxylic acid groups (broad SMARTS) is 1. The molecule has 0 aromatic carbocycles. The number of pyridine rings is 1. The number of thiophene rings is 1. The van der Waals surface area contributed by atoms with Gasteiger partial charge in [-0.15, -0.1) is 11.3 Å². The molecule has 0 bridgehead atoms. The standard InChI is InChI=1S/C10H7BrN2O4S/c11-9-8-4(1-2-18-8)7(16)6(13-9)10(17)12-3-5(14)15/h1-2,16H,3H2,(H,12,17)(H,14,15). The number of carboxylic acids is 1. The normalized spacial score (nSPS) is 10.5. The molecule has 0 saturated carbocycles. The summed E-state index contributed by atoms with van der Waals surface area (Å²) in [6.07, 6.45) is 0. The molecule has 6 nitrogen and oxygen atoms in total. The van der Waals surface area contributed by atoms with Crippen LogP contribution in [0.2, 0.25) is 0 Å². The van der Waals surface area contributed by atoms with E-state index < -0.39 is 18.4 Å². The number of nitrogens with zero attached hydrogens (tertiary/aromatic N) is 1.